The zero-order valence-corrected chi connectivity index (χ0v) is 50.7. The summed E-state index contributed by atoms with van der Waals surface area (Å²) in [6.07, 6.45) is 73.8. The summed E-state index contributed by atoms with van der Waals surface area (Å²) in [5.74, 6) is -0.141. The summed E-state index contributed by atoms with van der Waals surface area (Å²) < 4.78 is 11.3. The fourth-order valence-electron chi connectivity index (χ4n) is 10.4. The number of hydrogen-bond acceptors (Lipinski definition) is 8. The lowest BCUT2D eigenvalue weighted by molar-refractivity contribution is -0.302. The van der Waals surface area contributed by atoms with Crippen LogP contribution in [0.5, 0.6) is 0 Å². The van der Waals surface area contributed by atoms with Crippen LogP contribution in [0, 0.1) is 0 Å². The van der Waals surface area contributed by atoms with E-state index in [2.05, 4.69) is 92.1 Å². The summed E-state index contributed by atoms with van der Waals surface area (Å²) in [6, 6.07) is -0.721. The van der Waals surface area contributed by atoms with Gasteiger partial charge in [0.15, 0.2) is 6.29 Å². The molecular weight excluding hydrogens is 971 g/mol. The largest absolute Gasteiger partial charge is 0.394 e. The standard InChI is InChI=1S/C69H125NO8/c1-3-5-7-9-11-13-15-17-19-21-23-24-25-26-27-28-29-30-31-32-33-34-35-36-37-38-39-40-41-43-45-47-49-51-53-55-57-59-65(73)70-62(61-77-69-68(76)67(75)66(74)64(60-71)78-69)63(72)58-56-54-52-50-48-46-44-42-22-20-18-16-14-12-10-8-6-4-2/h5,7,11,13,17,19,23-24,26-27,29-30,62-64,66-69,71-72,74-76H,3-4,6,8-10,12,14-16,18,20-22,25,28,31-61H2,1-2H3,(H,70,73)/b7-5-,13-11-,19-17-,24-23-,27-26-,30-29-. The van der Waals surface area contributed by atoms with E-state index in [1.807, 2.05) is 0 Å². The molecule has 1 rings (SSSR count). The second-order valence-electron chi connectivity index (χ2n) is 22.9. The number of aliphatic hydroxyl groups excluding tert-OH is 5. The van der Waals surface area contributed by atoms with E-state index in [0.717, 1.165) is 77.0 Å². The summed E-state index contributed by atoms with van der Waals surface area (Å²) in [4.78, 5) is 13.1. The lowest BCUT2D eigenvalue weighted by atomic mass is 9.99. The van der Waals surface area contributed by atoms with Crippen molar-refractivity contribution in [3.05, 3.63) is 72.9 Å². The van der Waals surface area contributed by atoms with Gasteiger partial charge >= 0.3 is 0 Å². The van der Waals surface area contributed by atoms with Gasteiger partial charge in [-0.15, -0.1) is 0 Å². The highest BCUT2D eigenvalue weighted by Crippen LogP contribution is 2.23. The van der Waals surface area contributed by atoms with E-state index >= 15 is 0 Å². The van der Waals surface area contributed by atoms with Crippen LogP contribution in [0.25, 0.3) is 0 Å². The van der Waals surface area contributed by atoms with Crippen LogP contribution in [0.15, 0.2) is 72.9 Å². The van der Waals surface area contributed by atoms with Crippen molar-refractivity contribution < 1.29 is 39.8 Å². The normalized spacial score (nSPS) is 19.1. The minimum Gasteiger partial charge on any atom is -0.394 e. The average molecular weight is 1100 g/mol. The molecule has 6 N–H and O–H groups in total. The Kier molecular flexibility index (Phi) is 54.6. The second-order valence-corrected chi connectivity index (χ2v) is 22.9. The number of rotatable bonds is 57. The third kappa shape index (κ3) is 46.3. The van der Waals surface area contributed by atoms with E-state index in [4.69, 9.17) is 9.47 Å². The minimum absolute atomic E-state index is 0.137. The van der Waals surface area contributed by atoms with Crippen molar-refractivity contribution in [2.24, 2.45) is 0 Å². The molecule has 7 unspecified atom stereocenters. The van der Waals surface area contributed by atoms with Crippen molar-refractivity contribution in [2.45, 2.75) is 346 Å². The molecule has 0 radical (unpaired) electrons. The summed E-state index contributed by atoms with van der Waals surface area (Å²) >= 11 is 0. The number of aliphatic hydroxyl groups is 5. The third-order valence-electron chi connectivity index (χ3n) is 15.6. The molecule has 1 aliphatic rings. The van der Waals surface area contributed by atoms with Gasteiger partial charge in [-0.3, -0.25) is 4.79 Å². The van der Waals surface area contributed by atoms with Crippen LogP contribution in [-0.2, 0) is 14.3 Å². The molecule has 1 fully saturated rings. The first-order valence-electron chi connectivity index (χ1n) is 33.1. The summed E-state index contributed by atoms with van der Waals surface area (Å²) in [6.45, 7) is 3.75. The Balaban J connectivity index is 2.09. The Bertz CT molecular complexity index is 1460. The lowest BCUT2D eigenvalue weighted by Crippen LogP contribution is -2.60. The molecule has 0 bridgehead atoms. The van der Waals surface area contributed by atoms with E-state index in [0.29, 0.717) is 12.8 Å². The van der Waals surface area contributed by atoms with Gasteiger partial charge in [-0.25, -0.2) is 0 Å². The molecule has 0 saturated carbocycles. The van der Waals surface area contributed by atoms with Crippen LogP contribution < -0.4 is 5.32 Å². The smallest absolute Gasteiger partial charge is 0.220 e. The zero-order valence-electron chi connectivity index (χ0n) is 50.7. The van der Waals surface area contributed by atoms with Crippen LogP contribution in [0.3, 0.4) is 0 Å². The number of carbonyl (C=O) groups excluding carboxylic acids is 1. The summed E-state index contributed by atoms with van der Waals surface area (Å²) in [5.41, 5.74) is 0. The molecule has 0 spiro atoms. The van der Waals surface area contributed by atoms with Gasteiger partial charge in [-0.05, 0) is 64.2 Å². The van der Waals surface area contributed by atoms with Gasteiger partial charge in [0.05, 0.1) is 25.4 Å². The number of nitrogens with one attached hydrogen (secondary N) is 1. The Morgan fingerprint density at radius 2 is 0.795 bits per heavy atom. The van der Waals surface area contributed by atoms with Gasteiger partial charge in [0.2, 0.25) is 5.91 Å². The molecule has 78 heavy (non-hydrogen) atoms. The maximum atomic E-state index is 13.1. The highest BCUT2D eigenvalue weighted by molar-refractivity contribution is 5.76. The molecule has 9 heteroatoms. The van der Waals surface area contributed by atoms with E-state index in [1.165, 1.54) is 199 Å². The number of hydrogen-bond donors (Lipinski definition) is 6. The van der Waals surface area contributed by atoms with Gasteiger partial charge in [-0.1, -0.05) is 305 Å². The van der Waals surface area contributed by atoms with E-state index < -0.39 is 49.5 Å². The Morgan fingerprint density at radius 3 is 1.18 bits per heavy atom. The quantitative estimate of drug-likeness (QED) is 0.0261. The van der Waals surface area contributed by atoms with Crippen LogP contribution >= 0.6 is 0 Å². The average Bonchev–Trinajstić information content (AvgIpc) is 3.45. The predicted octanol–water partition coefficient (Wildman–Crippen LogP) is 17.6. The number of amides is 1. The number of carbonyl (C=O) groups is 1. The van der Waals surface area contributed by atoms with Gasteiger partial charge in [0, 0.05) is 6.42 Å². The molecule has 9 nitrogen and oxygen atoms in total. The fraction of sp³-hybridized carbons (Fsp3) is 0.812. The molecule has 1 heterocycles. The van der Waals surface area contributed by atoms with Crippen LogP contribution in [0.4, 0.5) is 0 Å². The highest BCUT2D eigenvalue weighted by Gasteiger charge is 2.44. The molecule has 1 saturated heterocycles. The number of allylic oxidation sites excluding steroid dienone is 12. The third-order valence-corrected chi connectivity index (χ3v) is 15.6. The SMILES string of the molecule is CC/C=C\C/C=C\C/C=C\C/C=C\C/C=C\C/C=C\CCCCCCCCCCCCCCCCCCCCC(=O)NC(COC1OC(CO)C(O)C(O)C1O)C(O)CCCCCCCCCCCCCCCCCCCC. The van der Waals surface area contributed by atoms with Crippen molar-refractivity contribution in [3.8, 4) is 0 Å². The van der Waals surface area contributed by atoms with Crippen molar-refractivity contribution in [1.82, 2.24) is 5.32 Å². The van der Waals surface area contributed by atoms with Gasteiger partial charge in [-0.2, -0.15) is 0 Å². The van der Waals surface area contributed by atoms with Crippen molar-refractivity contribution >= 4 is 5.91 Å². The first-order valence-corrected chi connectivity index (χ1v) is 33.1. The molecule has 0 aromatic rings. The second kappa shape index (κ2) is 57.8. The maximum absolute atomic E-state index is 13.1. The summed E-state index contributed by atoms with van der Waals surface area (Å²) in [5, 5.41) is 54.8. The molecule has 0 aliphatic carbocycles. The first-order chi connectivity index (χ1) is 38.3. The van der Waals surface area contributed by atoms with E-state index in [1.54, 1.807) is 0 Å². The molecule has 1 amide bonds. The first kappa shape index (κ1) is 73.6. The van der Waals surface area contributed by atoms with Gasteiger partial charge < -0.3 is 40.3 Å². The number of ether oxygens (including phenoxy) is 2. The van der Waals surface area contributed by atoms with Crippen LogP contribution in [0.1, 0.15) is 303 Å². The van der Waals surface area contributed by atoms with Crippen molar-refractivity contribution in [2.75, 3.05) is 13.2 Å². The topological polar surface area (TPSA) is 149 Å². The Labute approximate surface area is 480 Å². The fourth-order valence-corrected chi connectivity index (χ4v) is 10.4. The van der Waals surface area contributed by atoms with Gasteiger partial charge in [0.1, 0.15) is 24.4 Å². The van der Waals surface area contributed by atoms with E-state index in [9.17, 15) is 30.3 Å². The lowest BCUT2D eigenvalue weighted by Gasteiger charge is -2.40. The van der Waals surface area contributed by atoms with Crippen molar-refractivity contribution in [1.29, 1.82) is 0 Å². The molecule has 454 valence electrons. The van der Waals surface area contributed by atoms with Crippen LogP contribution in [-0.4, -0.2) is 87.5 Å². The molecule has 0 aromatic carbocycles. The van der Waals surface area contributed by atoms with Crippen molar-refractivity contribution in [3.63, 3.8) is 0 Å². The predicted molar refractivity (Wildman–Crippen MR) is 332 cm³/mol. The monoisotopic (exact) mass is 1100 g/mol. The number of unbranched alkanes of at least 4 members (excludes halogenated alkanes) is 35. The molecule has 1 aliphatic heterocycles. The zero-order chi connectivity index (χ0) is 56.5. The maximum Gasteiger partial charge on any atom is 0.220 e. The van der Waals surface area contributed by atoms with Crippen LogP contribution in [0.2, 0.25) is 0 Å². The Hall–Kier alpha value is -2.37. The summed E-state index contributed by atoms with van der Waals surface area (Å²) in [7, 11) is 0. The molecular formula is C69H125NO8. The highest BCUT2D eigenvalue weighted by atomic mass is 16.7. The van der Waals surface area contributed by atoms with E-state index in [-0.39, 0.29) is 12.5 Å². The van der Waals surface area contributed by atoms with Gasteiger partial charge in [0.25, 0.3) is 0 Å². The molecule has 7 atom stereocenters. The minimum atomic E-state index is -1.55. The molecule has 0 aromatic heterocycles. The Morgan fingerprint density at radius 1 is 0.449 bits per heavy atom.